The molecule has 0 aromatic rings. The van der Waals surface area contributed by atoms with Crippen molar-refractivity contribution in [1.29, 1.82) is 5.26 Å². The average molecular weight is 191 g/mol. The van der Waals surface area contributed by atoms with Gasteiger partial charge in [0.1, 0.15) is 0 Å². The first-order chi connectivity index (χ1) is 6.82. The van der Waals surface area contributed by atoms with Gasteiger partial charge < -0.3 is 4.74 Å². The highest BCUT2D eigenvalue weighted by atomic mass is 16.5. The normalized spacial score (nSPS) is 46.2. The molecule has 1 aliphatic carbocycles. The van der Waals surface area contributed by atoms with Crippen LogP contribution in [0, 0.1) is 22.7 Å². The molecule has 0 spiro atoms. The zero-order valence-electron chi connectivity index (χ0n) is 8.54. The lowest BCUT2D eigenvalue weighted by molar-refractivity contribution is 0.0645. The lowest BCUT2D eigenvalue weighted by Gasteiger charge is -2.35. The summed E-state index contributed by atoms with van der Waals surface area (Å²) in [6.07, 6.45) is 9.22. The van der Waals surface area contributed by atoms with Gasteiger partial charge in [-0.1, -0.05) is 19.3 Å². The molecule has 3 aliphatic rings. The molecule has 2 aliphatic heterocycles. The molecule has 0 aromatic heterocycles. The largest absolute Gasteiger partial charge is 0.373 e. The standard InChI is InChI=1S/C12H17NO/c13-8-12(6-9-2-1-3-9)7-10-4-5-11(12)14-10/h9-11H,1-7H2. The molecule has 0 N–H and O–H groups in total. The summed E-state index contributed by atoms with van der Waals surface area (Å²) in [5.41, 5.74) is -0.0893. The fourth-order valence-corrected chi connectivity index (χ4v) is 3.39. The molecule has 3 fully saturated rings. The summed E-state index contributed by atoms with van der Waals surface area (Å²) < 4.78 is 5.83. The molecule has 2 heteroatoms. The Hall–Kier alpha value is -0.550. The number of hydrogen-bond donors (Lipinski definition) is 0. The van der Waals surface area contributed by atoms with E-state index in [9.17, 15) is 5.26 Å². The second kappa shape index (κ2) is 2.97. The smallest absolute Gasteiger partial charge is 0.0862 e. The third-order valence-electron chi connectivity index (χ3n) is 4.42. The zero-order valence-corrected chi connectivity index (χ0v) is 8.54. The molecule has 14 heavy (non-hydrogen) atoms. The summed E-state index contributed by atoms with van der Waals surface area (Å²) >= 11 is 0. The van der Waals surface area contributed by atoms with Crippen LogP contribution >= 0.6 is 0 Å². The maximum Gasteiger partial charge on any atom is 0.0862 e. The Morgan fingerprint density at radius 3 is 2.57 bits per heavy atom. The molecule has 2 nitrogen and oxygen atoms in total. The molecule has 2 heterocycles. The van der Waals surface area contributed by atoms with E-state index in [0.717, 1.165) is 25.2 Å². The van der Waals surface area contributed by atoms with E-state index in [1.54, 1.807) is 0 Å². The van der Waals surface area contributed by atoms with Crippen molar-refractivity contribution in [2.75, 3.05) is 0 Å². The van der Waals surface area contributed by atoms with Crippen molar-refractivity contribution in [3.63, 3.8) is 0 Å². The van der Waals surface area contributed by atoms with Gasteiger partial charge in [0.2, 0.25) is 0 Å². The summed E-state index contributed by atoms with van der Waals surface area (Å²) in [6, 6.07) is 2.58. The van der Waals surface area contributed by atoms with Crippen LogP contribution in [-0.2, 0) is 4.74 Å². The topological polar surface area (TPSA) is 33.0 Å². The van der Waals surface area contributed by atoms with Gasteiger partial charge >= 0.3 is 0 Å². The summed E-state index contributed by atoms with van der Waals surface area (Å²) in [4.78, 5) is 0. The van der Waals surface area contributed by atoms with Crippen LogP contribution in [0.1, 0.15) is 44.9 Å². The molecular formula is C12H17NO. The molecular weight excluding hydrogens is 174 g/mol. The van der Waals surface area contributed by atoms with Gasteiger partial charge in [-0.15, -0.1) is 0 Å². The van der Waals surface area contributed by atoms with Crippen molar-refractivity contribution in [2.45, 2.75) is 57.2 Å². The van der Waals surface area contributed by atoms with E-state index in [1.807, 2.05) is 0 Å². The fourth-order valence-electron chi connectivity index (χ4n) is 3.39. The van der Waals surface area contributed by atoms with Gasteiger partial charge in [0.25, 0.3) is 0 Å². The second-order valence-corrected chi connectivity index (χ2v) is 5.30. The second-order valence-electron chi connectivity index (χ2n) is 5.30. The van der Waals surface area contributed by atoms with Crippen LogP contribution in [0.25, 0.3) is 0 Å². The monoisotopic (exact) mass is 191 g/mol. The minimum atomic E-state index is -0.0893. The Bertz CT molecular complexity index is 279. The predicted octanol–water partition coefficient (Wildman–Crippen LogP) is 2.64. The minimum Gasteiger partial charge on any atom is -0.373 e. The van der Waals surface area contributed by atoms with Crippen molar-refractivity contribution < 1.29 is 4.74 Å². The van der Waals surface area contributed by atoms with Crippen LogP contribution in [0.15, 0.2) is 0 Å². The summed E-state index contributed by atoms with van der Waals surface area (Å²) in [5, 5.41) is 9.38. The lowest BCUT2D eigenvalue weighted by atomic mass is 9.66. The van der Waals surface area contributed by atoms with Gasteiger partial charge in [-0.05, 0) is 31.6 Å². The maximum absolute atomic E-state index is 9.38. The van der Waals surface area contributed by atoms with Crippen molar-refractivity contribution >= 4 is 0 Å². The number of ether oxygens (including phenoxy) is 1. The van der Waals surface area contributed by atoms with Crippen molar-refractivity contribution in [3.05, 3.63) is 0 Å². The van der Waals surface area contributed by atoms with Gasteiger partial charge in [-0.3, -0.25) is 0 Å². The van der Waals surface area contributed by atoms with E-state index < -0.39 is 0 Å². The zero-order chi connectivity index (χ0) is 9.60. The van der Waals surface area contributed by atoms with Gasteiger partial charge in [0, 0.05) is 0 Å². The summed E-state index contributed by atoms with van der Waals surface area (Å²) in [7, 11) is 0. The first-order valence-electron chi connectivity index (χ1n) is 5.89. The van der Waals surface area contributed by atoms with Crippen LogP contribution < -0.4 is 0 Å². The molecule has 76 valence electrons. The summed E-state index contributed by atoms with van der Waals surface area (Å²) in [5.74, 6) is 0.831. The molecule has 0 aromatic carbocycles. The van der Waals surface area contributed by atoms with Crippen LogP contribution in [-0.4, -0.2) is 12.2 Å². The minimum absolute atomic E-state index is 0.0893. The van der Waals surface area contributed by atoms with Gasteiger partial charge in [-0.25, -0.2) is 0 Å². The molecule has 2 saturated heterocycles. The van der Waals surface area contributed by atoms with Crippen molar-refractivity contribution in [3.8, 4) is 6.07 Å². The third kappa shape index (κ3) is 1.12. The van der Waals surface area contributed by atoms with Gasteiger partial charge in [-0.2, -0.15) is 5.26 Å². The fraction of sp³-hybridized carbons (Fsp3) is 0.917. The number of nitriles is 1. The summed E-state index contributed by atoms with van der Waals surface area (Å²) in [6.45, 7) is 0. The molecule has 0 radical (unpaired) electrons. The van der Waals surface area contributed by atoms with Crippen LogP contribution in [0.2, 0.25) is 0 Å². The van der Waals surface area contributed by atoms with Crippen molar-refractivity contribution in [1.82, 2.24) is 0 Å². The van der Waals surface area contributed by atoms with E-state index in [-0.39, 0.29) is 11.5 Å². The predicted molar refractivity (Wildman–Crippen MR) is 52.5 cm³/mol. The van der Waals surface area contributed by atoms with E-state index in [0.29, 0.717) is 6.10 Å². The molecule has 3 rings (SSSR count). The van der Waals surface area contributed by atoms with Crippen LogP contribution in [0.4, 0.5) is 0 Å². The molecule has 0 amide bonds. The SMILES string of the molecule is N#CC1(CC2CCC2)CC2CCC1O2. The van der Waals surface area contributed by atoms with E-state index in [4.69, 9.17) is 4.74 Å². The molecule has 3 atom stereocenters. The molecule has 2 bridgehead atoms. The Labute approximate surface area is 85.2 Å². The van der Waals surface area contributed by atoms with Crippen LogP contribution in [0.5, 0.6) is 0 Å². The van der Waals surface area contributed by atoms with Crippen molar-refractivity contribution in [2.24, 2.45) is 11.3 Å². The third-order valence-corrected chi connectivity index (χ3v) is 4.42. The van der Waals surface area contributed by atoms with Gasteiger partial charge in [0.15, 0.2) is 0 Å². The highest BCUT2D eigenvalue weighted by molar-refractivity contribution is 5.13. The van der Waals surface area contributed by atoms with E-state index in [1.165, 1.54) is 25.7 Å². The number of nitrogens with zero attached hydrogens (tertiary/aromatic N) is 1. The Kier molecular flexibility index (Phi) is 1.85. The van der Waals surface area contributed by atoms with Crippen LogP contribution in [0.3, 0.4) is 0 Å². The highest BCUT2D eigenvalue weighted by Crippen LogP contribution is 2.52. The van der Waals surface area contributed by atoms with Gasteiger partial charge in [0.05, 0.1) is 23.7 Å². The quantitative estimate of drug-likeness (QED) is 0.672. The first kappa shape index (κ1) is 8.73. The number of fused-ring (bicyclic) bond motifs is 2. The Balaban J connectivity index is 1.75. The Morgan fingerprint density at radius 2 is 2.14 bits per heavy atom. The number of rotatable bonds is 2. The highest BCUT2D eigenvalue weighted by Gasteiger charge is 2.53. The maximum atomic E-state index is 9.38. The average Bonchev–Trinajstić information content (AvgIpc) is 2.71. The number of hydrogen-bond acceptors (Lipinski definition) is 2. The lowest BCUT2D eigenvalue weighted by Crippen LogP contribution is -2.34. The molecule has 1 saturated carbocycles. The van der Waals surface area contributed by atoms with E-state index in [2.05, 4.69) is 6.07 Å². The Morgan fingerprint density at radius 1 is 1.29 bits per heavy atom. The molecule has 3 unspecified atom stereocenters. The van der Waals surface area contributed by atoms with E-state index >= 15 is 0 Å². The first-order valence-corrected chi connectivity index (χ1v) is 5.89.